The van der Waals surface area contributed by atoms with Gasteiger partial charge in [-0.15, -0.1) is 0 Å². The summed E-state index contributed by atoms with van der Waals surface area (Å²) in [6, 6.07) is 3.39. The van der Waals surface area contributed by atoms with Crippen molar-refractivity contribution < 1.29 is 42.9 Å². The number of oxazole rings is 1. The zero-order valence-corrected chi connectivity index (χ0v) is 32.3. The fraction of sp³-hybridized carbons (Fsp3) is 0.622. The van der Waals surface area contributed by atoms with Crippen molar-refractivity contribution >= 4 is 29.6 Å². The average molecular weight is 757 g/mol. The molecule has 3 amide bonds. The summed E-state index contributed by atoms with van der Waals surface area (Å²) in [5, 5.41) is 20.8. The SMILES string of the molecule is CC(C)(C)OC(=O)NCCOCCOCCCCCCn1cc(NC(O)c2coc(-c3ccnc(N(CC4CC4)C(=O)OC(C)(C)C)c3)n2)c(C(N)=O)n1. The average Bonchev–Trinajstić information content (AvgIpc) is 3.60. The molecule has 17 nitrogen and oxygen atoms in total. The van der Waals surface area contributed by atoms with Crippen LogP contribution in [0.4, 0.5) is 21.1 Å². The van der Waals surface area contributed by atoms with Crippen molar-refractivity contribution in [2.24, 2.45) is 11.7 Å². The number of rotatable bonds is 21. The van der Waals surface area contributed by atoms with Crippen LogP contribution in [0.5, 0.6) is 0 Å². The van der Waals surface area contributed by atoms with E-state index in [1.54, 1.807) is 29.2 Å². The molecule has 3 aromatic rings. The van der Waals surface area contributed by atoms with E-state index in [0.717, 1.165) is 38.5 Å². The van der Waals surface area contributed by atoms with Gasteiger partial charge >= 0.3 is 12.2 Å². The number of hydrogen-bond donors (Lipinski definition) is 4. The molecule has 0 bridgehead atoms. The number of nitrogens with zero attached hydrogens (tertiary/aromatic N) is 5. The fourth-order valence-corrected chi connectivity index (χ4v) is 5.12. The molecule has 0 aromatic carbocycles. The van der Waals surface area contributed by atoms with E-state index >= 15 is 0 Å². The number of anilines is 2. The molecule has 0 saturated heterocycles. The molecule has 0 aliphatic heterocycles. The van der Waals surface area contributed by atoms with Crippen LogP contribution in [-0.4, -0.2) is 93.7 Å². The molecule has 3 heterocycles. The number of aliphatic hydroxyl groups excluding tert-OH is 1. The van der Waals surface area contributed by atoms with E-state index in [2.05, 4.69) is 25.7 Å². The van der Waals surface area contributed by atoms with Crippen molar-refractivity contribution in [3.63, 3.8) is 0 Å². The van der Waals surface area contributed by atoms with E-state index in [4.69, 9.17) is 29.1 Å². The molecule has 1 unspecified atom stereocenters. The number of carbonyl (C=O) groups excluding carboxylic acids is 3. The largest absolute Gasteiger partial charge is 0.444 e. The van der Waals surface area contributed by atoms with Crippen molar-refractivity contribution in [1.82, 2.24) is 25.1 Å². The summed E-state index contributed by atoms with van der Waals surface area (Å²) < 4.78 is 29.2. The first-order chi connectivity index (χ1) is 25.6. The minimum atomic E-state index is -1.34. The number of nitrogens with two attached hydrogens (primary N) is 1. The molecule has 1 atom stereocenters. The van der Waals surface area contributed by atoms with Gasteiger partial charge in [0.1, 0.15) is 29.0 Å². The molecular formula is C37H56N8O9. The predicted molar refractivity (Wildman–Crippen MR) is 200 cm³/mol. The highest BCUT2D eigenvalue weighted by molar-refractivity contribution is 5.96. The molecule has 17 heteroatoms. The third-order valence-corrected chi connectivity index (χ3v) is 7.82. The van der Waals surface area contributed by atoms with Gasteiger partial charge in [-0.1, -0.05) is 12.8 Å². The minimum absolute atomic E-state index is 0.00863. The van der Waals surface area contributed by atoms with Crippen LogP contribution >= 0.6 is 0 Å². The van der Waals surface area contributed by atoms with Gasteiger partial charge in [-0.2, -0.15) is 5.10 Å². The Balaban J connectivity index is 1.19. The lowest BCUT2D eigenvalue weighted by Crippen LogP contribution is -2.38. The van der Waals surface area contributed by atoms with Crippen LogP contribution in [0, 0.1) is 5.92 Å². The van der Waals surface area contributed by atoms with E-state index in [1.165, 1.54) is 11.2 Å². The van der Waals surface area contributed by atoms with Gasteiger partial charge < -0.3 is 44.8 Å². The summed E-state index contributed by atoms with van der Waals surface area (Å²) in [7, 11) is 0. The number of primary amides is 1. The second kappa shape index (κ2) is 19.5. The molecule has 0 spiro atoms. The molecule has 1 aliphatic carbocycles. The van der Waals surface area contributed by atoms with E-state index in [1.807, 2.05) is 41.5 Å². The summed E-state index contributed by atoms with van der Waals surface area (Å²) in [6.45, 7) is 14.1. The summed E-state index contributed by atoms with van der Waals surface area (Å²) in [5.41, 5.74) is 5.36. The van der Waals surface area contributed by atoms with Gasteiger partial charge in [0, 0.05) is 44.2 Å². The van der Waals surface area contributed by atoms with Gasteiger partial charge in [-0.3, -0.25) is 14.4 Å². The van der Waals surface area contributed by atoms with Crippen LogP contribution in [0.2, 0.25) is 0 Å². The number of amides is 3. The highest BCUT2D eigenvalue weighted by Crippen LogP contribution is 2.33. The minimum Gasteiger partial charge on any atom is -0.444 e. The first kappa shape index (κ1) is 42.0. The Kier molecular flexibility index (Phi) is 15.2. The van der Waals surface area contributed by atoms with Crippen LogP contribution in [0.15, 0.2) is 35.2 Å². The quantitative estimate of drug-likeness (QED) is 0.0791. The maximum Gasteiger partial charge on any atom is 0.416 e. The fourth-order valence-electron chi connectivity index (χ4n) is 5.12. The topological polar surface area (TPSA) is 218 Å². The van der Waals surface area contributed by atoms with E-state index in [-0.39, 0.29) is 23.0 Å². The summed E-state index contributed by atoms with van der Waals surface area (Å²) in [4.78, 5) is 47.2. The van der Waals surface area contributed by atoms with Gasteiger partial charge in [0.2, 0.25) is 5.89 Å². The number of pyridine rings is 1. The van der Waals surface area contributed by atoms with Crippen molar-refractivity contribution in [2.45, 2.75) is 104 Å². The molecule has 4 rings (SSSR count). The lowest BCUT2D eigenvalue weighted by molar-refractivity contribution is 0.0390. The number of aryl methyl sites for hydroxylation is 1. The highest BCUT2D eigenvalue weighted by atomic mass is 16.6. The first-order valence-electron chi connectivity index (χ1n) is 18.4. The number of nitrogens with one attached hydrogen (secondary N) is 2. The van der Waals surface area contributed by atoms with Gasteiger partial charge in [0.15, 0.2) is 11.9 Å². The number of hydrogen-bond acceptors (Lipinski definition) is 13. The zero-order valence-electron chi connectivity index (χ0n) is 32.3. The van der Waals surface area contributed by atoms with Crippen LogP contribution in [0.1, 0.15) is 102 Å². The van der Waals surface area contributed by atoms with Gasteiger partial charge in [-0.25, -0.2) is 19.6 Å². The Morgan fingerprint density at radius 3 is 2.41 bits per heavy atom. The van der Waals surface area contributed by atoms with Crippen LogP contribution in [0.3, 0.4) is 0 Å². The first-order valence-corrected chi connectivity index (χ1v) is 18.4. The molecule has 298 valence electrons. The molecule has 1 aliphatic rings. The number of unbranched alkanes of at least 4 members (excludes halogenated alkanes) is 3. The van der Waals surface area contributed by atoms with E-state index in [0.29, 0.717) is 63.4 Å². The van der Waals surface area contributed by atoms with E-state index < -0.39 is 35.5 Å². The van der Waals surface area contributed by atoms with Crippen LogP contribution in [-0.2, 0) is 25.5 Å². The molecule has 0 radical (unpaired) electrons. The third-order valence-electron chi connectivity index (χ3n) is 7.82. The second-order valence-corrected chi connectivity index (χ2v) is 15.1. The monoisotopic (exact) mass is 756 g/mol. The standard InChI is InChI=1S/C37H56N8O9/c1-36(2,3)53-34(48)40-15-18-51-20-19-50-17-10-8-7-9-16-44-23-27(30(43-44)31(38)46)41-32(47)28-24-52-33(42-28)26-13-14-39-29(21-26)45(22-25-11-12-25)35(49)54-37(4,5)6/h13-14,21,23-25,32,41,47H,7-12,15-20,22H2,1-6H3,(H2,38,46)(H,40,48). The normalized spacial score (nSPS) is 13.7. The Morgan fingerprint density at radius 2 is 1.72 bits per heavy atom. The summed E-state index contributed by atoms with van der Waals surface area (Å²) >= 11 is 0. The lowest BCUT2D eigenvalue weighted by Gasteiger charge is -2.27. The summed E-state index contributed by atoms with van der Waals surface area (Å²) in [5.74, 6) is 0.266. The van der Waals surface area contributed by atoms with Crippen molar-refractivity contribution in [2.75, 3.05) is 49.7 Å². The lowest BCUT2D eigenvalue weighted by atomic mass is 10.2. The predicted octanol–water partition coefficient (Wildman–Crippen LogP) is 5.40. The molecule has 3 aromatic heterocycles. The molecule has 54 heavy (non-hydrogen) atoms. The molecule has 1 saturated carbocycles. The van der Waals surface area contributed by atoms with Crippen molar-refractivity contribution in [3.8, 4) is 11.5 Å². The van der Waals surface area contributed by atoms with E-state index in [9.17, 15) is 19.5 Å². The Morgan fingerprint density at radius 1 is 1.02 bits per heavy atom. The van der Waals surface area contributed by atoms with Crippen molar-refractivity contribution in [3.05, 3.63) is 42.2 Å². The Hall–Kier alpha value is -4.74. The number of aromatic nitrogens is 4. The van der Waals surface area contributed by atoms with Crippen LogP contribution in [0.25, 0.3) is 11.5 Å². The Labute approximate surface area is 316 Å². The number of carbonyl (C=O) groups is 3. The molecule has 1 fully saturated rings. The number of aliphatic hydroxyl groups is 1. The van der Waals surface area contributed by atoms with Gasteiger partial charge in [-0.05, 0) is 85.3 Å². The van der Waals surface area contributed by atoms with Gasteiger partial charge in [0.25, 0.3) is 5.91 Å². The van der Waals surface area contributed by atoms with Crippen LogP contribution < -0.4 is 21.3 Å². The maximum absolute atomic E-state index is 13.0. The maximum atomic E-state index is 13.0. The third kappa shape index (κ3) is 14.6. The summed E-state index contributed by atoms with van der Waals surface area (Å²) in [6.07, 6.45) is 7.83. The molecule has 5 N–H and O–H groups in total. The smallest absolute Gasteiger partial charge is 0.416 e. The van der Waals surface area contributed by atoms with Gasteiger partial charge in [0.05, 0.1) is 25.5 Å². The highest BCUT2D eigenvalue weighted by Gasteiger charge is 2.31. The zero-order chi connectivity index (χ0) is 39.3. The second-order valence-electron chi connectivity index (χ2n) is 15.1. The molecular weight excluding hydrogens is 700 g/mol. The van der Waals surface area contributed by atoms with Crippen molar-refractivity contribution in [1.29, 1.82) is 0 Å². The number of alkyl carbamates (subject to hydrolysis) is 1. The number of ether oxygens (including phenoxy) is 4. The Bertz CT molecular complexity index is 1660.